The summed E-state index contributed by atoms with van der Waals surface area (Å²) in [6.45, 7) is 1.61. The number of halogens is 4. The number of nitrogens with zero attached hydrogens (tertiary/aromatic N) is 2. The van der Waals surface area contributed by atoms with Gasteiger partial charge in [0.2, 0.25) is 11.6 Å². The third-order valence-electron chi connectivity index (χ3n) is 4.16. The zero-order valence-corrected chi connectivity index (χ0v) is 15.4. The second-order valence-electron chi connectivity index (χ2n) is 6.05. The Morgan fingerprint density at radius 3 is 2.57 bits per heavy atom. The topological polar surface area (TPSA) is 64.0 Å². The quantitative estimate of drug-likeness (QED) is 0.681. The molecule has 28 heavy (non-hydrogen) atoms. The van der Waals surface area contributed by atoms with Crippen LogP contribution in [-0.2, 0) is 11.0 Å². The number of hydrogen-bond donors (Lipinski definition) is 1. The molecule has 1 amide bonds. The van der Waals surface area contributed by atoms with E-state index in [0.29, 0.717) is 10.7 Å². The number of carbonyl (C=O) groups is 1. The highest BCUT2D eigenvalue weighted by Crippen LogP contribution is 2.28. The summed E-state index contributed by atoms with van der Waals surface area (Å²) in [5, 5.41) is 2.98. The fourth-order valence-corrected chi connectivity index (χ4v) is 3.12. The second kappa shape index (κ2) is 7.63. The molecule has 1 N–H and O–H groups in total. The summed E-state index contributed by atoms with van der Waals surface area (Å²) >= 11 is 5.89. The van der Waals surface area contributed by atoms with E-state index in [4.69, 9.17) is 11.6 Å². The number of para-hydroxylation sites is 2. The van der Waals surface area contributed by atoms with E-state index in [0.717, 1.165) is 4.57 Å². The van der Waals surface area contributed by atoms with Crippen molar-refractivity contribution in [1.29, 1.82) is 0 Å². The summed E-state index contributed by atoms with van der Waals surface area (Å²) in [5.74, 6) is -0.628. The molecule has 1 atom stereocenters. The van der Waals surface area contributed by atoms with Crippen LogP contribution in [-0.4, -0.2) is 15.5 Å². The summed E-state index contributed by atoms with van der Waals surface area (Å²) in [6.07, 6.45) is -4.85. The van der Waals surface area contributed by atoms with Crippen molar-refractivity contribution in [2.24, 2.45) is 0 Å². The number of fused-ring (bicyclic) bond motifs is 1. The molecule has 1 aromatic heterocycles. The molecule has 0 fully saturated rings. The van der Waals surface area contributed by atoms with Crippen molar-refractivity contribution in [1.82, 2.24) is 9.55 Å². The number of nitrogens with one attached hydrogen (secondary N) is 1. The highest BCUT2D eigenvalue weighted by atomic mass is 35.5. The summed E-state index contributed by atoms with van der Waals surface area (Å²) in [7, 11) is 0. The Morgan fingerprint density at radius 1 is 1.21 bits per heavy atom. The molecule has 0 saturated heterocycles. The van der Waals surface area contributed by atoms with E-state index in [1.54, 1.807) is 31.2 Å². The minimum atomic E-state index is -4.94. The lowest BCUT2D eigenvalue weighted by Crippen LogP contribution is -2.37. The van der Waals surface area contributed by atoms with Gasteiger partial charge in [-0.1, -0.05) is 36.7 Å². The number of hydrogen-bond acceptors (Lipinski definition) is 3. The van der Waals surface area contributed by atoms with Crippen LogP contribution >= 0.6 is 11.6 Å². The molecule has 0 saturated carbocycles. The van der Waals surface area contributed by atoms with Gasteiger partial charge in [0.05, 0.1) is 11.0 Å². The van der Waals surface area contributed by atoms with Gasteiger partial charge in [-0.25, -0.2) is 4.98 Å². The highest BCUT2D eigenvalue weighted by Gasteiger charge is 2.38. The third-order valence-corrected chi connectivity index (χ3v) is 4.39. The Kier molecular flexibility index (Phi) is 5.42. The predicted molar refractivity (Wildman–Crippen MR) is 100 cm³/mol. The Bertz CT molecular complexity index is 1100. The number of aromatic nitrogens is 2. The van der Waals surface area contributed by atoms with Crippen LogP contribution in [0, 0.1) is 0 Å². The molecule has 0 aliphatic heterocycles. The summed E-state index contributed by atoms with van der Waals surface area (Å²) < 4.78 is 40.8. The highest BCUT2D eigenvalue weighted by molar-refractivity contribution is 6.30. The van der Waals surface area contributed by atoms with Crippen molar-refractivity contribution >= 4 is 34.2 Å². The smallest absolute Gasteiger partial charge is 0.324 e. The van der Waals surface area contributed by atoms with Crippen LogP contribution in [0.2, 0.25) is 5.02 Å². The fraction of sp³-hybridized carbons (Fsp3) is 0.211. The summed E-state index contributed by atoms with van der Waals surface area (Å²) in [5.41, 5.74) is -2.42. The average Bonchev–Trinajstić information content (AvgIpc) is 2.63. The second-order valence-corrected chi connectivity index (χ2v) is 6.48. The molecule has 3 aromatic rings. The Balaban J connectivity index is 2.15. The molecule has 1 heterocycles. The van der Waals surface area contributed by atoms with E-state index in [2.05, 4.69) is 10.3 Å². The van der Waals surface area contributed by atoms with Gasteiger partial charge < -0.3 is 5.32 Å². The molecule has 146 valence electrons. The summed E-state index contributed by atoms with van der Waals surface area (Å²) in [6, 6.07) is 11.1. The number of alkyl halides is 3. The number of amides is 1. The van der Waals surface area contributed by atoms with Crippen molar-refractivity contribution in [2.75, 3.05) is 5.32 Å². The molecule has 1 unspecified atom stereocenters. The van der Waals surface area contributed by atoms with E-state index in [1.165, 1.54) is 24.3 Å². The van der Waals surface area contributed by atoms with Crippen molar-refractivity contribution in [3.8, 4) is 0 Å². The lowest BCUT2D eigenvalue weighted by Gasteiger charge is -2.21. The van der Waals surface area contributed by atoms with Crippen molar-refractivity contribution in [3.63, 3.8) is 0 Å². The zero-order valence-electron chi connectivity index (χ0n) is 14.6. The first-order chi connectivity index (χ1) is 13.2. The first-order valence-corrected chi connectivity index (χ1v) is 8.75. The predicted octanol–water partition coefficient (Wildman–Crippen LogP) is 4.66. The van der Waals surface area contributed by atoms with Crippen molar-refractivity contribution in [2.45, 2.75) is 25.6 Å². The zero-order chi connectivity index (χ0) is 20.5. The van der Waals surface area contributed by atoms with Crippen LogP contribution in [0.25, 0.3) is 11.0 Å². The van der Waals surface area contributed by atoms with Crippen LogP contribution < -0.4 is 10.9 Å². The molecule has 0 radical (unpaired) electrons. The molecule has 2 aromatic carbocycles. The fourth-order valence-electron chi connectivity index (χ4n) is 2.93. The van der Waals surface area contributed by atoms with Gasteiger partial charge in [-0.15, -0.1) is 0 Å². The normalized spacial score (nSPS) is 12.8. The molecule has 0 aliphatic carbocycles. The first kappa shape index (κ1) is 19.9. The van der Waals surface area contributed by atoms with Gasteiger partial charge >= 0.3 is 6.18 Å². The van der Waals surface area contributed by atoms with E-state index in [9.17, 15) is 22.8 Å². The minimum absolute atomic E-state index is 0.0246. The van der Waals surface area contributed by atoms with Gasteiger partial charge in [0.1, 0.15) is 6.04 Å². The minimum Gasteiger partial charge on any atom is -0.324 e. The Hall–Kier alpha value is -2.87. The van der Waals surface area contributed by atoms with Crippen LogP contribution in [0.15, 0.2) is 53.3 Å². The van der Waals surface area contributed by atoms with Crippen LogP contribution in [0.3, 0.4) is 0 Å². The molecule has 0 spiro atoms. The Morgan fingerprint density at radius 2 is 1.93 bits per heavy atom. The first-order valence-electron chi connectivity index (χ1n) is 8.37. The van der Waals surface area contributed by atoms with Crippen molar-refractivity contribution in [3.05, 3.63) is 69.6 Å². The van der Waals surface area contributed by atoms with Gasteiger partial charge in [-0.2, -0.15) is 13.2 Å². The summed E-state index contributed by atoms with van der Waals surface area (Å²) in [4.78, 5) is 28.9. The number of carbonyl (C=O) groups excluding carboxylic acids is 1. The van der Waals surface area contributed by atoms with Crippen LogP contribution in [0.1, 0.15) is 25.1 Å². The monoisotopic (exact) mass is 409 g/mol. The molecule has 5 nitrogen and oxygen atoms in total. The largest absolute Gasteiger partial charge is 0.438 e. The number of rotatable bonds is 4. The third kappa shape index (κ3) is 3.87. The van der Waals surface area contributed by atoms with Gasteiger partial charge in [-0.05, 0) is 36.8 Å². The standard InChI is InChI=1S/C19H15ClF3N3O2/c1-2-14(17(27)24-12-7-5-6-11(20)10-12)26-15-9-4-3-8-13(15)25-16(18(26)28)19(21,22)23/h3-10,14H,2H2,1H3,(H,24,27). The number of anilines is 1. The van der Waals surface area contributed by atoms with E-state index < -0.39 is 29.4 Å². The molecule has 0 aliphatic rings. The average molecular weight is 410 g/mol. The SMILES string of the molecule is CCC(C(=O)Nc1cccc(Cl)c1)n1c(=O)c(C(F)(F)F)nc2ccccc21. The molecule has 0 bridgehead atoms. The molecular weight excluding hydrogens is 395 g/mol. The van der Waals surface area contributed by atoms with Gasteiger partial charge in [-0.3, -0.25) is 14.2 Å². The number of benzene rings is 2. The molecule has 3 rings (SSSR count). The maximum absolute atomic E-state index is 13.3. The lowest BCUT2D eigenvalue weighted by atomic mass is 10.1. The van der Waals surface area contributed by atoms with Gasteiger partial charge in [0, 0.05) is 10.7 Å². The van der Waals surface area contributed by atoms with E-state index >= 15 is 0 Å². The molecular formula is C19H15ClF3N3O2. The lowest BCUT2D eigenvalue weighted by molar-refractivity contribution is -0.142. The maximum Gasteiger partial charge on any atom is 0.438 e. The molecule has 9 heteroatoms. The van der Waals surface area contributed by atoms with E-state index in [-0.39, 0.29) is 17.5 Å². The van der Waals surface area contributed by atoms with Crippen LogP contribution in [0.4, 0.5) is 18.9 Å². The van der Waals surface area contributed by atoms with Gasteiger partial charge in [0.25, 0.3) is 5.56 Å². The van der Waals surface area contributed by atoms with E-state index in [1.807, 2.05) is 0 Å². The Labute approximate surface area is 162 Å². The van der Waals surface area contributed by atoms with Gasteiger partial charge in [0.15, 0.2) is 0 Å². The van der Waals surface area contributed by atoms with Crippen molar-refractivity contribution < 1.29 is 18.0 Å². The van der Waals surface area contributed by atoms with Crippen LogP contribution in [0.5, 0.6) is 0 Å². The maximum atomic E-state index is 13.3.